The fourth-order valence-electron chi connectivity index (χ4n) is 2.34. The van der Waals surface area contributed by atoms with Crippen molar-refractivity contribution in [3.05, 3.63) is 23.9 Å². The summed E-state index contributed by atoms with van der Waals surface area (Å²) in [6.45, 7) is 4.45. The van der Waals surface area contributed by atoms with Gasteiger partial charge in [-0.1, -0.05) is 0 Å². The highest BCUT2D eigenvalue weighted by Gasteiger charge is 2.23. The quantitative estimate of drug-likeness (QED) is 0.861. The minimum Gasteiger partial charge on any atom is -0.396 e. The molecule has 1 aromatic rings. The van der Waals surface area contributed by atoms with Crippen LogP contribution in [-0.4, -0.2) is 47.1 Å². The lowest BCUT2D eigenvalue weighted by molar-refractivity contribution is 0.0651. The fraction of sp³-hybridized carbons (Fsp3) is 0.571. The summed E-state index contributed by atoms with van der Waals surface area (Å²) in [4.78, 5) is 18.4. The van der Waals surface area contributed by atoms with Gasteiger partial charge in [0.2, 0.25) is 0 Å². The number of amides is 1. The first kappa shape index (κ1) is 13.8. The number of nitrogens with one attached hydrogen (secondary N) is 1. The lowest BCUT2D eigenvalue weighted by atomic mass is 9.97. The van der Waals surface area contributed by atoms with E-state index in [1.165, 1.54) is 0 Å². The van der Waals surface area contributed by atoms with Crippen LogP contribution in [0.2, 0.25) is 0 Å². The van der Waals surface area contributed by atoms with Crippen LogP contribution in [0.15, 0.2) is 18.3 Å². The van der Waals surface area contributed by atoms with Gasteiger partial charge in [0.15, 0.2) is 0 Å². The summed E-state index contributed by atoms with van der Waals surface area (Å²) in [6, 6.07) is 3.55. The maximum atomic E-state index is 12.4. The first-order chi connectivity index (χ1) is 9.24. The molecule has 0 atom stereocenters. The number of likely N-dealkylation sites (tertiary alicyclic amines) is 1. The molecule has 1 fully saturated rings. The van der Waals surface area contributed by atoms with E-state index in [2.05, 4.69) is 10.3 Å². The topological polar surface area (TPSA) is 65.5 Å². The number of piperidine rings is 1. The Kier molecular flexibility index (Phi) is 4.74. The van der Waals surface area contributed by atoms with E-state index >= 15 is 0 Å². The van der Waals surface area contributed by atoms with Gasteiger partial charge in [0.1, 0.15) is 5.82 Å². The lowest BCUT2D eigenvalue weighted by Gasteiger charge is -2.31. The third-order valence-corrected chi connectivity index (χ3v) is 3.52. The van der Waals surface area contributed by atoms with E-state index in [-0.39, 0.29) is 12.5 Å². The monoisotopic (exact) mass is 263 g/mol. The van der Waals surface area contributed by atoms with Crippen LogP contribution in [0, 0.1) is 5.92 Å². The summed E-state index contributed by atoms with van der Waals surface area (Å²) in [5.74, 6) is 1.13. The molecule has 2 heterocycles. The van der Waals surface area contributed by atoms with Crippen molar-refractivity contribution in [1.82, 2.24) is 9.88 Å². The molecule has 1 aliphatic rings. The Labute approximate surface area is 113 Å². The van der Waals surface area contributed by atoms with Crippen molar-refractivity contribution in [3.63, 3.8) is 0 Å². The number of hydrogen-bond acceptors (Lipinski definition) is 4. The number of rotatable bonds is 4. The van der Waals surface area contributed by atoms with Crippen LogP contribution in [-0.2, 0) is 0 Å². The molecule has 2 N–H and O–H groups in total. The number of aliphatic hydroxyl groups excluding tert-OH is 1. The van der Waals surface area contributed by atoms with Crippen molar-refractivity contribution in [2.24, 2.45) is 5.92 Å². The molecule has 5 nitrogen and oxygen atoms in total. The summed E-state index contributed by atoms with van der Waals surface area (Å²) in [5.41, 5.74) is 0.674. The zero-order chi connectivity index (χ0) is 13.7. The van der Waals surface area contributed by atoms with E-state index in [1.54, 1.807) is 18.3 Å². The molecule has 1 aromatic heterocycles. The summed E-state index contributed by atoms with van der Waals surface area (Å²) in [7, 11) is 0. The van der Waals surface area contributed by atoms with Crippen LogP contribution in [0.1, 0.15) is 30.1 Å². The second-order valence-corrected chi connectivity index (χ2v) is 4.88. The van der Waals surface area contributed by atoms with Gasteiger partial charge < -0.3 is 15.3 Å². The average molecular weight is 263 g/mol. The standard InChI is InChI=1S/C14H21N3O2/c1-2-15-13-9-12(3-6-16-13)14(19)17-7-4-11(10-18)5-8-17/h3,6,9,11,18H,2,4-5,7-8,10H2,1H3,(H,15,16). The summed E-state index contributed by atoms with van der Waals surface area (Å²) in [6.07, 6.45) is 3.42. The van der Waals surface area contributed by atoms with Crippen LogP contribution in [0.5, 0.6) is 0 Å². The van der Waals surface area contributed by atoms with Crippen molar-refractivity contribution >= 4 is 11.7 Å². The van der Waals surface area contributed by atoms with E-state index in [0.29, 0.717) is 11.5 Å². The summed E-state index contributed by atoms with van der Waals surface area (Å²) in [5, 5.41) is 12.2. The molecule has 0 aromatic carbocycles. The van der Waals surface area contributed by atoms with Gasteiger partial charge in [-0.15, -0.1) is 0 Å². The highest BCUT2D eigenvalue weighted by Crippen LogP contribution is 2.19. The van der Waals surface area contributed by atoms with Crippen LogP contribution in [0.3, 0.4) is 0 Å². The van der Waals surface area contributed by atoms with E-state index in [1.807, 2.05) is 11.8 Å². The zero-order valence-electron chi connectivity index (χ0n) is 11.3. The second kappa shape index (κ2) is 6.52. The minimum atomic E-state index is 0.0537. The van der Waals surface area contributed by atoms with Gasteiger partial charge in [-0.05, 0) is 37.8 Å². The second-order valence-electron chi connectivity index (χ2n) is 4.88. The van der Waals surface area contributed by atoms with Gasteiger partial charge in [0.25, 0.3) is 5.91 Å². The Hall–Kier alpha value is -1.62. The van der Waals surface area contributed by atoms with Crippen LogP contribution >= 0.6 is 0 Å². The number of pyridine rings is 1. The molecule has 2 rings (SSSR count). The first-order valence-corrected chi connectivity index (χ1v) is 6.84. The molecule has 1 saturated heterocycles. The third-order valence-electron chi connectivity index (χ3n) is 3.52. The van der Waals surface area contributed by atoms with Crippen molar-refractivity contribution in [3.8, 4) is 0 Å². The van der Waals surface area contributed by atoms with Gasteiger partial charge in [-0.3, -0.25) is 4.79 Å². The molecule has 104 valence electrons. The molecule has 19 heavy (non-hydrogen) atoms. The van der Waals surface area contributed by atoms with Crippen LogP contribution in [0.4, 0.5) is 5.82 Å². The van der Waals surface area contributed by atoms with Gasteiger partial charge in [-0.25, -0.2) is 4.98 Å². The number of carbonyl (C=O) groups is 1. The Balaban J connectivity index is 2.01. The summed E-state index contributed by atoms with van der Waals surface area (Å²) < 4.78 is 0. The van der Waals surface area contributed by atoms with Crippen LogP contribution in [0.25, 0.3) is 0 Å². The van der Waals surface area contributed by atoms with E-state index in [0.717, 1.165) is 38.3 Å². The minimum absolute atomic E-state index is 0.0537. The van der Waals surface area contributed by atoms with Crippen LogP contribution < -0.4 is 5.32 Å². The fourth-order valence-corrected chi connectivity index (χ4v) is 2.34. The Morgan fingerprint density at radius 3 is 2.89 bits per heavy atom. The normalized spacial score (nSPS) is 16.4. The molecule has 0 aliphatic carbocycles. The highest BCUT2D eigenvalue weighted by molar-refractivity contribution is 5.94. The average Bonchev–Trinajstić information content (AvgIpc) is 2.47. The SMILES string of the molecule is CCNc1cc(C(=O)N2CCC(CO)CC2)ccn1. The lowest BCUT2D eigenvalue weighted by Crippen LogP contribution is -2.39. The molecule has 5 heteroatoms. The first-order valence-electron chi connectivity index (χ1n) is 6.84. The number of aromatic nitrogens is 1. The number of nitrogens with zero attached hydrogens (tertiary/aromatic N) is 2. The molecule has 0 bridgehead atoms. The third kappa shape index (κ3) is 3.44. The largest absolute Gasteiger partial charge is 0.396 e. The summed E-state index contributed by atoms with van der Waals surface area (Å²) >= 11 is 0. The van der Waals surface area contributed by atoms with Crippen molar-refractivity contribution in [1.29, 1.82) is 0 Å². The molecule has 1 amide bonds. The predicted molar refractivity (Wildman–Crippen MR) is 74.1 cm³/mol. The molecule has 0 radical (unpaired) electrons. The Bertz CT molecular complexity index is 428. The van der Waals surface area contributed by atoms with Gasteiger partial charge in [0.05, 0.1) is 0 Å². The molecule has 1 aliphatic heterocycles. The Morgan fingerprint density at radius 1 is 1.53 bits per heavy atom. The van der Waals surface area contributed by atoms with Gasteiger partial charge in [-0.2, -0.15) is 0 Å². The smallest absolute Gasteiger partial charge is 0.254 e. The number of carbonyl (C=O) groups excluding carboxylic acids is 1. The Morgan fingerprint density at radius 2 is 2.26 bits per heavy atom. The highest BCUT2D eigenvalue weighted by atomic mass is 16.3. The van der Waals surface area contributed by atoms with Crippen molar-refractivity contribution < 1.29 is 9.90 Å². The predicted octanol–water partition coefficient (Wildman–Crippen LogP) is 1.36. The maximum Gasteiger partial charge on any atom is 0.254 e. The van der Waals surface area contributed by atoms with E-state index in [9.17, 15) is 4.79 Å². The molecular weight excluding hydrogens is 242 g/mol. The number of aliphatic hydroxyl groups is 1. The van der Waals surface area contributed by atoms with Gasteiger partial charge >= 0.3 is 0 Å². The van der Waals surface area contributed by atoms with Crippen molar-refractivity contribution in [2.45, 2.75) is 19.8 Å². The maximum absolute atomic E-state index is 12.4. The molecular formula is C14H21N3O2. The number of anilines is 1. The zero-order valence-corrected chi connectivity index (χ0v) is 11.3. The molecule has 0 saturated carbocycles. The van der Waals surface area contributed by atoms with Crippen molar-refractivity contribution in [2.75, 3.05) is 31.6 Å². The molecule has 0 spiro atoms. The van der Waals surface area contributed by atoms with Gasteiger partial charge in [0, 0.05) is 38.0 Å². The van der Waals surface area contributed by atoms with E-state index < -0.39 is 0 Å². The molecule has 0 unspecified atom stereocenters. The van der Waals surface area contributed by atoms with E-state index in [4.69, 9.17) is 5.11 Å². The number of hydrogen-bond donors (Lipinski definition) is 2.